The van der Waals surface area contributed by atoms with Crippen molar-refractivity contribution in [2.75, 3.05) is 20.1 Å². The molecular formula is C14H21ClN2OS. The number of likely N-dealkylation sites (tertiary alicyclic amines) is 1. The van der Waals surface area contributed by atoms with Crippen molar-refractivity contribution in [2.45, 2.75) is 38.6 Å². The van der Waals surface area contributed by atoms with Gasteiger partial charge in [0.2, 0.25) is 0 Å². The minimum absolute atomic E-state index is 0.115. The normalized spacial score (nSPS) is 19.7. The van der Waals surface area contributed by atoms with Gasteiger partial charge in [-0.15, -0.1) is 11.3 Å². The summed E-state index contributed by atoms with van der Waals surface area (Å²) in [7, 11) is 1.95. The number of rotatable bonds is 4. The Balaban J connectivity index is 2.13. The third kappa shape index (κ3) is 3.30. The van der Waals surface area contributed by atoms with Crippen LogP contribution in [0.2, 0.25) is 5.02 Å². The second-order valence-electron chi connectivity index (χ2n) is 5.10. The highest BCUT2D eigenvalue weighted by Crippen LogP contribution is 2.30. The van der Waals surface area contributed by atoms with Gasteiger partial charge in [0, 0.05) is 12.6 Å². The van der Waals surface area contributed by atoms with E-state index in [2.05, 4.69) is 5.32 Å². The number of nitrogens with one attached hydrogen (secondary N) is 1. The summed E-state index contributed by atoms with van der Waals surface area (Å²) in [5, 5.41) is 5.76. The maximum atomic E-state index is 12.6. The first-order valence-corrected chi connectivity index (χ1v) is 8.10. The van der Waals surface area contributed by atoms with Crippen LogP contribution in [0.3, 0.4) is 0 Å². The largest absolute Gasteiger partial charge is 0.335 e. The topological polar surface area (TPSA) is 32.3 Å². The monoisotopic (exact) mass is 300 g/mol. The molecule has 0 bridgehead atoms. The quantitative estimate of drug-likeness (QED) is 0.925. The zero-order valence-electron chi connectivity index (χ0n) is 11.5. The number of hydrogen-bond donors (Lipinski definition) is 1. The highest BCUT2D eigenvalue weighted by atomic mass is 35.5. The molecule has 2 rings (SSSR count). The van der Waals surface area contributed by atoms with E-state index in [1.165, 1.54) is 17.8 Å². The summed E-state index contributed by atoms with van der Waals surface area (Å²) in [5.74, 6) is 0.115. The van der Waals surface area contributed by atoms with E-state index in [1.54, 1.807) is 0 Å². The highest BCUT2D eigenvalue weighted by Gasteiger charge is 2.29. The second-order valence-corrected chi connectivity index (χ2v) is 6.36. The molecule has 2 heterocycles. The third-order valence-corrected chi connectivity index (χ3v) is 5.39. The molecule has 0 saturated carbocycles. The first-order valence-electron chi connectivity index (χ1n) is 6.84. The first-order chi connectivity index (χ1) is 9.15. The molecule has 3 nitrogen and oxygen atoms in total. The van der Waals surface area contributed by atoms with Gasteiger partial charge in [-0.1, -0.05) is 11.6 Å². The van der Waals surface area contributed by atoms with Crippen LogP contribution in [0.4, 0.5) is 0 Å². The van der Waals surface area contributed by atoms with Crippen molar-refractivity contribution < 1.29 is 4.79 Å². The van der Waals surface area contributed by atoms with Crippen molar-refractivity contribution >= 4 is 28.8 Å². The molecule has 1 aromatic heterocycles. The van der Waals surface area contributed by atoms with Crippen LogP contribution in [0.15, 0.2) is 5.38 Å². The van der Waals surface area contributed by atoms with Gasteiger partial charge in [-0.2, -0.15) is 0 Å². The fourth-order valence-electron chi connectivity index (χ4n) is 2.58. The molecule has 1 atom stereocenters. The summed E-state index contributed by atoms with van der Waals surface area (Å²) in [6, 6.07) is 0.354. The molecule has 0 spiro atoms. The van der Waals surface area contributed by atoms with Gasteiger partial charge in [-0.3, -0.25) is 4.79 Å². The number of nitrogens with zero attached hydrogens (tertiary/aromatic N) is 1. The van der Waals surface area contributed by atoms with E-state index in [0.29, 0.717) is 15.9 Å². The van der Waals surface area contributed by atoms with Crippen LogP contribution in [-0.2, 0) is 0 Å². The molecule has 0 aromatic carbocycles. The summed E-state index contributed by atoms with van der Waals surface area (Å²) >= 11 is 7.69. The molecule has 0 radical (unpaired) electrons. The zero-order chi connectivity index (χ0) is 13.8. The Morgan fingerprint density at radius 2 is 2.37 bits per heavy atom. The van der Waals surface area contributed by atoms with E-state index in [1.807, 2.05) is 24.3 Å². The number of amides is 1. The van der Waals surface area contributed by atoms with Crippen LogP contribution in [-0.4, -0.2) is 37.0 Å². The molecule has 106 valence electrons. The predicted octanol–water partition coefficient (Wildman–Crippen LogP) is 3.31. The van der Waals surface area contributed by atoms with Gasteiger partial charge in [0.1, 0.15) is 4.88 Å². The Labute approximate surface area is 123 Å². The van der Waals surface area contributed by atoms with Gasteiger partial charge >= 0.3 is 0 Å². The van der Waals surface area contributed by atoms with Gasteiger partial charge in [0.15, 0.2) is 0 Å². The Morgan fingerprint density at radius 1 is 1.58 bits per heavy atom. The molecule has 1 fully saturated rings. The van der Waals surface area contributed by atoms with Gasteiger partial charge in [-0.25, -0.2) is 0 Å². The third-order valence-electron chi connectivity index (χ3n) is 3.71. The Hall–Kier alpha value is -0.580. The van der Waals surface area contributed by atoms with E-state index < -0.39 is 0 Å². The molecule has 1 N–H and O–H groups in total. The van der Waals surface area contributed by atoms with Crippen LogP contribution in [0, 0.1) is 6.92 Å². The van der Waals surface area contributed by atoms with Crippen LogP contribution >= 0.6 is 22.9 Å². The van der Waals surface area contributed by atoms with E-state index in [0.717, 1.165) is 37.9 Å². The second kappa shape index (κ2) is 6.73. The molecule has 1 aliphatic heterocycles. The Morgan fingerprint density at radius 3 is 3.00 bits per heavy atom. The van der Waals surface area contributed by atoms with Crippen molar-refractivity contribution in [2.24, 2.45) is 0 Å². The maximum Gasteiger partial charge on any atom is 0.265 e. The number of hydrogen-bond acceptors (Lipinski definition) is 3. The number of piperidine rings is 1. The number of halogens is 1. The SMILES string of the molecule is CNCCC1CCCCN1C(=O)c1scc(C)c1Cl. The van der Waals surface area contributed by atoms with Gasteiger partial charge in [0.05, 0.1) is 5.02 Å². The van der Waals surface area contributed by atoms with E-state index in [-0.39, 0.29) is 5.91 Å². The van der Waals surface area contributed by atoms with Gasteiger partial charge < -0.3 is 10.2 Å². The molecule has 5 heteroatoms. The lowest BCUT2D eigenvalue weighted by atomic mass is 9.99. The number of carbonyl (C=O) groups excluding carboxylic acids is 1. The van der Waals surface area contributed by atoms with Crippen LogP contribution in [0.1, 0.15) is 40.9 Å². The van der Waals surface area contributed by atoms with E-state index in [4.69, 9.17) is 11.6 Å². The predicted molar refractivity (Wildman–Crippen MR) is 81.3 cm³/mol. The van der Waals surface area contributed by atoms with Gasteiger partial charge in [-0.05, 0) is 57.1 Å². The lowest BCUT2D eigenvalue weighted by molar-refractivity contribution is 0.0608. The molecule has 1 aliphatic rings. The van der Waals surface area contributed by atoms with Crippen LogP contribution in [0.5, 0.6) is 0 Å². The molecule has 1 saturated heterocycles. The molecular weight excluding hydrogens is 280 g/mol. The van der Waals surface area contributed by atoms with Crippen molar-refractivity contribution in [1.29, 1.82) is 0 Å². The maximum absolute atomic E-state index is 12.6. The highest BCUT2D eigenvalue weighted by molar-refractivity contribution is 7.13. The number of carbonyl (C=O) groups is 1. The van der Waals surface area contributed by atoms with Crippen molar-refractivity contribution in [3.05, 3.63) is 20.8 Å². The molecule has 0 aliphatic carbocycles. The van der Waals surface area contributed by atoms with Crippen LogP contribution < -0.4 is 5.32 Å². The molecule has 1 unspecified atom stereocenters. The molecule has 1 amide bonds. The van der Waals surface area contributed by atoms with Crippen molar-refractivity contribution in [3.63, 3.8) is 0 Å². The summed E-state index contributed by atoms with van der Waals surface area (Å²) in [4.78, 5) is 15.4. The van der Waals surface area contributed by atoms with E-state index in [9.17, 15) is 4.79 Å². The minimum atomic E-state index is 0.115. The standard InChI is InChI=1S/C14H21ClN2OS/c1-10-9-19-13(12(10)15)14(18)17-8-4-3-5-11(17)6-7-16-2/h9,11,16H,3-8H2,1-2H3. The zero-order valence-corrected chi connectivity index (χ0v) is 13.1. The molecule has 1 aromatic rings. The van der Waals surface area contributed by atoms with Crippen molar-refractivity contribution in [1.82, 2.24) is 10.2 Å². The van der Waals surface area contributed by atoms with Crippen LogP contribution in [0.25, 0.3) is 0 Å². The fourth-order valence-corrected chi connectivity index (χ4v) is 3.81. The first kappa shape index (κ1) is 14.8. The summed E-state index contributed by atoms with van der Waals surface area (Å²) in [5.41, 5.74) is 0.999. The smallest absolute Gasteiger partial charge is 0.265 e. The average Bonchev–Trinajstić information content (AvgIpc) is 2.76. The number of aryl methyl sites for hydroxylation is 1. The molecule has 19 heavy (non-hydrogen) atoms. The lowest BCUT2D eigenvalue weighted by Crippen LogP contribution is -2.44. The van der Waals surface area contributed by atoms with E-state index >= 15 is 0 Å². The average molecular weight is 301 g/mol. The summed E-state index contributed by atoms with van der Waals surface area (Å²) in [6.45, 7) is 3.76. The van der Waals surface area contributed by atoms with Gasteiger partial charge in [0.25, 0.3) is 5.91 Å². The fraction of sp³-hybridized carbons (Fsp3) is 0.643. The summed E-state index contributed by atoms with van der Waals surface area (Å²) < 4.78 is 0. The van der Waals surface area contributed by atoms with Crippen molar-refractivity contribution in [3.8, 4) is 0 Å². The summed E-state index contributed by atoms with van der Waals surface area (Å²) in [6.07, 6.45) is 4.44. The number of thiophene rings is 1. The lowest BCUT2D eigenvalue weighted by Gasteiger charge is -2.35. The Kier molecular flexibility index (Phi) is 5.25. The Bertz CT molecular complexity index is 447. The minimum Gasteiger partial charge on any atom is -0.335 e.